The Hall–Kier alpha value is -0.640. The molecule has 0 saturated heterocycles. The highest BCUT2D eigenvalue weighted by Crippen LogP contribution is 2.04. The van der Waals surface area contributed by atoms with Crippen LogP contribution >= 0.6 is 0 Å². The summed E-state index contributed by atoms with van der Waals surface area (Å²) in [4.78, 5) is 0. The highest BCUT2D eigenvalue weighted by Gasteiger charge is 2.19. The average Bonchev–Trinajstić information content (AvgIpc) is 2.23. The van der Waals surface area contributed by atoms with Gasteiger partial charge in [0.15, 0.2) is 0 Å². The van der Waals surface area contributed by atoms with Gasteiger partial charge in [0.1, 0.15) is 5.60 Å². The van der Waals surface area contributed by atoms with Crippen molar-refractivity contribution in [2.75, 3.05) is 13.2 Å². The highest BCUT2D eigenvalue weighted by molar-refractivity contribution is 5.10. The van der Waals surface area contributed by atoms with E-state index in [0.29, 0.717) is 0 Å². The SMILES string of the molecule is CCCCC=CC=CC(O)(CO)CO. The second-order valence-corrected chi connectivity index (χ2v) is 3.35. The normalized spacial score (nSPS) is 13.1. The Morgan fingerprint density at radius 2 is 1.79 bits per heavy atom. The molecule has 0 aromatic carbocycles. The highest BCUT2D eigenvalue weighted by atomic mass is 16.4. The molecular formula is C11H20O3. The quantitative estimate of drug-likeness (QED) is 0.424. The van der Waals surface area contributed by atoms with Gasteiger partial charge < -0.3 is 15.3 Å². The molecule has 0 heterocycles. The molecule has 14 heavy (non-hydrogen) atoms. The summed E-state index contributed by atoms with van der Waals surface area (Å²) < 4.78 is 0. The molecule has 0 radical (unpaired) electrons. The van der Waals surface area contributed by atoms with Gasteiger partial charge in [-0.25, -0.2) is 0 Å². The molecule has 0 bridgehead atoms. The van der Waals surface area contributed by atoms with Crippen LogP contribution < -0.4 is 0 Å². The van der Waals surface area contributed by atoms with E-state index in [4.69, 9.17) is 10.2 Å². The fourth-order valence-corrected chi connectivity index (χ4v) is 0.887. The van der Waals surface area contributed by atoms with Gasteiger partial charge >= 0.3 is 0 Å². The lowest BCUT2D eigenvalue weighted by Gasteiger charge is -2.17. The lowest BCUT2D eigenvalue weighted by molar-refractivity contribution is -0.0170. The number of aliphatic hydroxyl groups excluding tert-OH is 2. The van der Waals surface area contributed by atoms with Crippen LogP contribution in [0.4, 0.5) is 0 Å². The lowest BCUT2D eigenvalue weighted by atomic mass is 10.1. The summed E-state index contributed by atoms with van der Waals surface area (Å²) in [5, 5.41) is 26.9. The number of rotatable bonds is 7. The first kappa shape index (κ1) is 13.4. The Morgan fingerprint density at radius 3 is 2.29 bits per heavy atom. The summed E-state index contributed by atoms with van der Waals surface area (Å²) >= 11 is 0. The summed E-state index contributed by atoms with van der Waals surface area (Å²) in [5.74, 6) is 0. The maximum atomic E-state index is 9.41. The monoisotopic (exact) mass is 200 g/mol. The molecule has 0 unspecified atom stereocenters. The van der Waals surface area contributed by atoms with Crippen molar-refractivity contribution in [3.05, 3.63) is 24.3 Å². The van der Waals surface area contributed by atoms with Crippen LogP contribution in [0.3, 0.4) is 0 Å². The van der Waals surface area contributed by atoms with Gasteiger partial charge in [-0.2, -0.15) is 0 Å². The molecule has 0 amide bonds. The molecule has 3 N–H and O–H groups in total. The van der Waals surface area contributed by atoms with Crippen LogP contribution in [0.1, 0.15) is 26.2 Å². The van der Waals surface area contributed by atoms with E-state index >= 15 is 0 Å². The maximum absolute atomic E-state index is 9.41. The molecule has 0 aliphatic rings. The Balaban J connectivity index is 3.85. The van der Waals surface area contributed by atoms with E-state index in [1.165, 1.54) is 6.08 Å². The average molecular weight is 200 g/mol. The van der Waals surface area contributed by atoms with E-state index in [9.17, 15) is 5.11 Å². The van der Waals surface area contributed by atoms with Gasteiger partial charge in [-0.15, -0.1) is 0 Å². The van der Waals surface area contributed by atoms with Gasteiger partial charge in [0.2, 0.25) is 0 Å². The number of hydrogen-bond donors (Lipinski definition) is 3. The molecule has 3 nitrogen and oxygen atoms in total. The van der Waals surface area contributed by atoms with Crippen molar-refractivity contribution in [3.8, 4) is 0 Å². The predicted octanol–water partition coefficient (Wildman–Crippen LogP) is 1.00. The lowest BCUT2D eigenvalue weighted by Crippen LogP contribution is -2.34. The number of unbranched alkanes of at least 4 members (excludes halogenated alkanes) is 2. The number of allylic oxidation sites excluding steroid dienone is 3. The van der Waals surface area contributed by atoms with Crippen LogP contribution in [0, 0.1) is 0 Å². The van der Waals surface area contributed by atoms with Crippen LogP contribution in [0.15, 0.2) is 24.3 Å². The van der Waals surface area contributed by atoms with E-state index in [1.807, 2.05) is 12.2 Å². The van der Waals surface area contributed by atoms with Crippen molar-refractivity contribution in [2.45, 2.75) is 31.8 Å². The van der Waals surface area contributed by atoms with E-state index in [-0.39, 0.29) is 0 Å². The number of hydrogen-bond acceptors (Lipinski definition) is 3. The van der Waals surface area contributed by atoms with E-state index in [2.05, 4.69) is 6.92 Å². The van der Waals surface area contributed by atoms with Crippen LogP contribution in [-0.4, -0.2) is 34.1 Å². The van der Waals surface area contributed by atoms with Gasteiger partial charge in [-0.3, -0.25) is 0 Å². The van der Waals surface area contributed by atoms with Crippen LogP contribution in [0.2, 0.25) is 0 Å². The summed E-state index contributed by atoms with van der Waals surface area (Å²) in [6.45, 7) is 1.19. The third kappa shape index (κ3) is 5.91. The first-order chi connectivity index (χ1) is 6.68. The summed E-state index contributed by atoms with van der Waals surface area (Å²) in [6.07, 6.45) is 10.2. The van der Waals surface area contributed by atoms with Crippen LogP contribution in [0.5, 0.6) is 0 Å². The molecule has 0 aromatic heterocycles. The van der Waals surface area contributed by atoms with Gasteiger partial charge in [0.25, 0.3) is 0 Å². The Labute approximate surface area is 85.4 Å². The molecule has 0 atom stereocenters. The standard InChI is InChI=1S/C11H20O3/c1-2-3-4-5-6-7-8-11(14,9-12)10-13/h5-8,12-14H,2-4,9-10H2,1H3. The molecular weight excluding hydrogens is 180 g/mol. The fourth-order valence-electron chi connectivity index (χ4n) is 0.887. The third-order valence-electron chi connectivity index (χ3n) is 1.93. The zero-order chi connectivity index (χ0) is 10.9. The van der Waals surface area contributed by atoms with Crippen molar-refractivity contribution in [3.63, 3.8) is 0 Å². The smallest absolute Gasteiger partial charge is 0.129 e. The summed E-state index contributed by atoms with van der Waals surface area (Å²) in [5.41, 5.74) is -1.49. The minimum Gasteiger partial charge on any atom is -0.393 e. The molecule has 3 heteroatoms. The van der Waals surface area contributed by atoms with E-state index in [0.717, 1.165) is 19.3 Å². The van der Waals surface area contributed by atoms with Crippen molar-refractivity contribution in [1.82, 2.24) is 0 Å². The molecule has 0 rings (SSSR count). The van der Waals surface area contributed by atoms with Gasteiger partial charge in [0, 0.05) is 0 Å². The largest absolute Gasteiger partial charge is 0.393 e. The predicted molar refractivity (Wildman–Crippen MR) is 56.9 cm³/mol. The van der Waals surface area contributed by atoms with Gasteiger partial charge in [-0.1, -0.05) is 38.0 Å². The minimum absolute atomic E-state index is 0.469. The van der Waals surface area contributed by atoms with Crippen LogP contribution in [-0.2, 0) is 0 Å². The molecule has 82 valence electrons. The zero-order valence-corrected chi connectivity index (χ0v) is 8.69. The minimum atomic E-state index is -1.49. The van der Waals surface area contributed by atoms with Gasteiger partial charge in [0.05, 0.1) is 13.2 Å². The van der Waals surface area contributed by atoms with Gasteiger partial charge in [-0.05, 0) is 12.5 Å². The summed E-state index contributed by atoms with van der Waals surface area (Å²) in [7, 11) is 0. The molecule has 0 spiro atoms. The molecule has 0 fully saturated rings. The van der Waals surface area contributed by atoms with Crippen molar-refractivity contribution in [1.29, 1.82) is 0 Å². The molecule has 0 saturated carbocycles. The Kier molecular flexibility index (Phi) is 7.38. The van der Waals surface area contributed by atoms with Crippen molar-refractivity contribution < 1.29 is 15.3 Å². The van der Waals surface area contributed by atoms with E-state index < -0.39 is 18.8 Å². The second kappa shape index (κ2) is 7.74. The Morgan fingerprint density at radius 1 is 1.14 bits per heavy atom. The Bertz CT molecular complexity index is 181. The van der Waals surface area contributed by atoms with Crippen LogP contribution in [0.25, 0.3) is 0 Å². The molecule has 0 aliphatic heterocycles. The molecule has 0 aliphatic carbocycles. The third-order valence-corrected chi connectivity index (χ3v) is 1.93. The topological polar surface area (TPSA) is 60.7 Å². The van der Waals surface area contributed by atoms with E-state index in [1.54, 1.807) is 6.08 Å². The maximum Gasteiger partial charge on any atom is 0.129 e. The molecule has 0 aromatic rings. The van der Waals surface area contributed by atoms with Crippen molar-refractivity contribution in [2.24, 2.45) is 0 Å². The number of aliphatic hydroxyl groups is 3. The zero-order valence-electron chi connectivity index (χ0n) is 8.69. The first-order valence-corrected chi connectivity index (χ1v) is 4.97. The summed E-state index contributed by atoms with van der Waals surface area (Å²) in [6, 6.07) is 0. The first-order valence-electron chi connectivity index (χ1n) is 4.97. The second-order valence-electron chi connectivity index (χ2n) is 3.35. The fraction of sp³-hybridized carbons (Fsp3) is 0.636. The van der Waals surface area contributed by atoms with Crippen molar-refractivity contribution >= 4 is 0 Å².